The minimum Gasteiger partial charge on any atom is -0.354 e. The summed E-state index contributed by atoms with van der Waals surface area (Å²) in [5.41, 5.74) is 3.11. The van der Waals surface area contributed by atoms with Crippen molar-refractivity contribution < 1.29 is 13.9 Å². The first-order valence-corrected chi connectivity index (χ1v) is 5.87. The van der Waals surface area contributed by atoms with Crippen LogP contribution >= 0.6 is 15.9 Å². The third-order valence-electron chi connectivity index (χ3n) is 2.45. The molecular weight excluding hydrogens is 291 g/mol. The number of hydrogen-bond donors (Lipinski definition) is 2. The van der Waals surface area contributed by atoms with Gasteiger partial charge in [0.25, 0.3) is 0 Å². The van der Waals surface area contributed by atoms with Gasteiger partial charge in [-0.05, 0) is 30.2 Å². The molecule has 17 heavy (non-hydrogen) atoms. The minimum absolute atomic E-state index is 0.278. The Kier molecular flexibility index (Phi) is 6.01. The zero-order chi connectivity index (χ0) is 12.8. The second kappa shape index (κ2) is 7.03. The lowest BCUT2D eigenvalue weighted by molar-refractivity contribution is -0.122. The Morgan fingerprint density at radius 3 is 2.59 bits per heavy atom. The summed E-state index contributed by atoms with van der Waals surface area (Å²) in [6, 6.07) is 4.44. The molecule has 0 heterocycles. The third kappa shape index (κ3) is 4.01. The van der Waals surface area contributed by atoms with Crippen molar-refractivity contribution in [2.24, 2.45) is 5.84 Å². The van der Waals surface area contributed by atoms with Crippen LogP contribution in [-0.4, -0.2) is 26.6 Å². The number of rotatable bonds is 6. The minimum atomic E-state index is -0.529. The molecule has 0 aliphatic rings. The predicted molar refractivity (Wildman–Crippen MR) is 66.7 cm³/mol. The Labute approximate surface area is 108 Å². The van der Waals surface area contributed by atoms with Gasteiger partial charge < -0.3 is 9.47 Å². The van der Waals surface area contributed by atoms with Crippen LogP contribution in [-0.2, 0) is 15.9 Å². The molecule has 6 heteroatoms. The second-order valence-corrected chi connectivity index (χ2v) is 4.47. The Balaban J connectivity index is 2.83. The Bertz CT molecular complexity index is 361. The van der Waals surface area contributed by atoms with E-state index in [4.69, 9.17) is 15.3 Å². The molecule has 0 spiro atoms. The quantitative estimate of drug-likeness (QED) is 0.476. The smallest absolute Gasteiger partial charge is 0.173 e. The van der Waals surface area contributed by atoms with Crippen LogP contribution in [0, 0.1) is 5.82 Å². The number of hydrazine groups is 1. The van der Waals surface area contributed by atoms with Crippen LogP contribution in [0.15, 0.2) is 22.7 Å². The predicted octanol–water partition coefficient (Wildman–Crippen LogP) is 1.58. The number of methoxy groups -OCH3 is 2. The molecule has 3 N–H and O–H groups in total. The van der Waals surface area contributed by atoms with Gasteiger partial charge in [-0.1, -0.05) is 15.9 Å². The van der Waals surface area contributed by atoms with Gasteiger partial charge in [0.05, 0.1) is 6.04 Å². The maximum Gasteiger partial charge on any atom is 0.173 e. The van der Waals surface area contributed by atoms with Gasteiger partial charge in [-0.2, -0.15) is 0 Å². The van der Waals surface area contributed by atoms with Crippen LogP contribution in [0.25, 0.3) is 0 Å². The first kappa shape index (κ1) is 14.5. The summed E-state index contributed by atoms with van der Waals surface area (Å²) in [4.78, 5) is 0. The number of nitrogens with two attached hydrogens (primary N) is 1. The van der Waals surface area contributed by atoms with Gasteiger partial charge in [0.1, 0.15) is 5.82 Å². The summed E-state index contributed by atoms with van der Waals surface area (Å²) >= 11 is 3.30. The molecule has 1 rings (SSSR count). The molecule has 0 aliphatic carbocycles. The van der Waals surface area contributed by atoms with Crippen molar-refractivity contribution in [1.29, 1.82) is 0 Å². The highest BCUT2D eigenvalue weighted by atomic mass is 79.9. The van der Waals surface area contributed by atoms with Gasteiger partial charge in [-0.3, -0.25) is 11.3 Å². The summed E-state index contributed by atoms with van der Waals surface area (Å²) in [6.45, 7) is 0. The van der Waals surface area contributed by atoms with Crippen molar-refractivity contribution in [3.63, 3.8) is 0 Å². The summed E-state index contributed by atoms with van der Waals surface area (Å²) < 4.78 is 24.6. The summed E-state index contributed by atoms with van der Waals surface area (Å²) in [6.07, 6.45) is -0.160. The number of benzene rings is 1. The van der Waals surface area contributed by atoms with Crippen molar-refractivity contribution in [1.82, 2.24) is 5.43 Å². The zero-order valence-electron chi connectivity index (χ0n) is 9.74. The van der Waals surface area contributed by atoms with E-state index in [0.29, 0.717) is 12.0 Å². The first-order chi connectivity index (χ1) is 8.12. The maximum atomic E-state index is 13.6. The van der Waals surface area contributed by atoms with E-state index in [0.717, 1.165) is 4.47 Å². The standard InChI is InChI=1S/C11H16BrFN2O2/c1-16-11(17-2)10(15-14)6-7-5-8(12)3-4-9(7)13/h3-5,10-11,15H,6,14H2,1-2H3. The lowest BCUT2D eigenvalue weighted by atomic mass is 10.1. The van der Waals surface area contributed by atoms with Crippen molar-refractivity contribution in [3.05, 3.63) is 34.1 Å². The molecule has 1 aromatic carbocycles. The van der Waals surface area contributed by atoms with Gasteiger partial charge in [-0.15, -0.1) is 0 Å². The number of hydrogen-bond acceptors (Lipinski definition) is 4. The van der Waals surface area contributed by atoms with E-state index in [1.165, 1.54) is 20.3 Å². The van der Waals surface area contributed by atoms with Crippen molar-refractivity contribution in [3.8, 4) is 0 Å². The maximum absolute atomic E-state index is 13.6. The SMILES string of the molecule is COC(OC)C(Cc1cc(Br)ccc1F)NN. The number of nitrogens with one attached hydrogen (secondary N) is 1. The lowest BCUT2D eigenvalue weighted by Crippen LogP contribution is -2.47. The molecule has 0 fully saturated rings. The van der Waals surface area contributed by atoms with Crippen LogP contribution in [0.4, 0.5) is 4.39 Å². The molecule has 0 amide bonds. The summed E-state index contributed by atoms with van der Waals surface area (Å²) in [5, 5.41) is 0. The van der Waals surface area contributed by atoms with Crippen LogP contribution in [0.2, 0.25) is 0 Å². The van der Waals surface area contributed by atoms with Crippen molar-refractivity contribution in [2.45, 2.75) is 18.8 Å². The fourth-order valence-corrected chi connectivity index (χ4v) is 2.00. The highest BCUT2D eigenvalue weighted by Crippen LogP contribution is 2.18. The van der Waals surface area contributed by atoms with E-state index in [9.17, 15) is 4.39 Å². The van der Waals surface area contributed by atoms with Crippen molar-refractivity contribution >= 4 is 15.9 Å². The second-order valence-electron chi connectivity index (χ2n) is 3.55. The molecular formula is C11H16BrFN2O2. The van der Waals surface area contributed by atoms with E-state index in [-0.39, 0.29) is 11.9 Å². The average Bonchev–Trinajstić information content (AvgIpc) is 2.33. The molecule has 0 saturated carbocycles. The van der Waals surface area contributed by atoms with E-state index >= 15 is 0 Å². The largest absolute Gasteiger partial charge is 0.354 e. The molecule has 0 aliphatic heterocycles. The fourth-order valence-electron chi connectivity index (χ4n) is 1.60. The summed E-state index contributed by atoms with van der Waals surface area (Å²) in [5.74, 6) is 5.14. The topological polar surface area (TPSA) is 56.5 Å². The van der Waals surface area contributed by atoms with E-state index in [1.54, 1.807) is 12.1 Å². The molecule has 0 radical (unpaired) electrons. The number of halogens is 2. The normalized spacial score (nSPS) is 13.1. The van der Waals surface area contributed by atoms with Gasteiger partial charge in [0.2, 0.25) is 0 Å². The molecule has 0 saturated heterocycles. The lowest BCUT2D eigenvalue weighted by Gasteiger charge is -2.24. The molecule has 0 aromatic heterocycles. The van der Waals surface area contributed by atoms with Gasteiger partial charge in [0.15, 0.2) is 6.29 Å². The van der Waals surface area contributed by atoms with Gasteiger partial charge in [-0.25, -0.2) is 4.39 Å². The highest BCUT2D eigenvalue weighted by Gasteiger charge is 2.21. The van der Waals surface area contributed by atoms with Crippen molar-refractivity contribution in [2.75, 3.05) is 14.2 Å². The molecule has 4 nitrogen and oxygen atoms in total. The average molecular weight is 307 g/mol. The Hall–Kier alpha value is -0.530. The van der Waals surface area contributed by atoms with E-state index in [1.807, 2.05) is 0 Å². The van der Waals surface area contributed by atoms with E-state index < -0.39 is 6.29 Å². The Morgan fingerprint density at radius 2 is 2.06 bits per heavy atom. The molecule has 1 unspecified atom stereocenters. The van der Waals surface area contributed by atoms with Crippen LogP contribution in [0.5, 0.6) is 0 Å². The number of ether oxygens (including phenoxy) is 2. The highest BCUT2D eigenvalue weighted by molar-refractivity contribution is 9.10. The van der Waals surface area contributed by atoms with E-state index in [2.05, 4.69) is 21.4 Å². The van der Waals surface area contributed by atoms with Gasteiger partial charge >= 0.3 is 0 Å². The molecule has 1 aromatic rings. The summed E-state index contributed by atoms with van der Waals surface area (Å²) in [7, 11) is 3.02. The van der Waals surface area contributed by atoms with Crippen LogP contribution in [0.3, 0.4) is 0 Å². The van der Waals surface area contributed by atoms with Crippen LogP contribution < -0.4 is 11.3 Å². The first-order valence-electron chi connectivity index (χ1n) is 5.08. The molecule has 0 bridgehead atoms. The zero-order valence-corrected chi connectivity index (χ0v) is 11.3. The molecule has 1 atom stereocenters. The third-order valence-corrected chi connectivity index (χ3v) is 2.95. The van der Waals surface area contributed by atoms with Gasteiger partial charge in [0, 0.05) is 18.7 Å². The van der Waals surface area contributed by atoms with Crippen LogP contribution in [0.1, 0.15) is 5.56 Å². The monoisotopic (exact) mass is 306 g/mol. The Morgan fingerprint density at radius 1 is 1.41 bits per heavy atom. The molecule has 96 valence electrons. The fraction of sp³-hybridized carbons (Fsp3) is 0.455.